The van der Waals surface area contributed by atoms with Gasteiger partial charge in [-0.1, -0.05) is 38.1 Å². The first-order chi connectivity index (χ1) is 17.5. The van der Waals surface area contributed by atoms with E-state index in [2.05, 4.69) is 23.6 Å². The van der Waals surface area contributed by atoms with Crippen molar-refractivity contribution < 1.29 is 22.9 Å². The summed E-state index contributed by atoms with van der Waals surface area (Å²) in [5.74, 6) is 0.0189. The lowest BCUT2D eigenvalue weighted by atomic mass is 9.99. The summed E-state index contributed by atoms with van der Waals surface area (Å²) in [6.45, 7) is 8.33. The minimum atomic E-state index is -1.38. The molecule has 1 aromatic heterocycles. The Morgan fingerprint density at radius 1 is 1.14 bits per heavy atom. The molecule has 192 valence electrons. The van der Waals surface area contributed by atoms with Gasteiger partial charge in [-0.15, -0.1) is 0 Å². The zero-order valence-electron chi connectivity index (χ0n) is 21.4. The van der Waals surface area contributed by atoms with Crippen LogP contribution in [-0.2, 0) is 21.3 Å². The molecule has 2 aromatic carbocycles. The van der Waals surface area contributed by atoms with Gasteiger partial charge in [0.15, 0.2) is 0 Å². The van der Waals surface area contributed by atoms with Crippen LogP contribution < -0.4 is 9.64 Å². The van der Waals surface area contributed by atoms with Crippen molar-refractivity contribution >= 4 is 22.5 Å². The summed E-state index contributed by atoms with van der Waals surface area (Å²) < 4.78 is 29.7. The zero-order chi connectivity index (χ0) is 25.7. The van der Waals surface area contributed by atoms with Gasteiger partial charge in [-0.05, 0) is 43.3 Å². The quantitative estimate of drug-likeness (QED) is 0.337. The van der Waals surface area contributed by atoms with Crippen LogP contribution in [0, 0.1) is 0 Å². The fourth-order valence-corrected chi connectivity index (χ4v) is 6.09. The fraction of sp³-hybridized carbons (Fsp3) is 0.393. The molecule has 2 atom stereocenters. The van der Waals surface area contributed by atoms with Gasteiger partial charge in [0, 0.05) is 30.3 Å². The summed E-state index contributed by atoms with van der Waals surface area (Å²) in [5.41, 5.74) is 3.39. The topological polar surface area (TPSA) is 72.2 Å². The van der Waals surface area contributed by atoms with Crippen LogP contribution in [0.4, 0.5) is 5.69 Å². The van der Waals surface area contributed by atoms with Gasteiger partial charge in [0.25, 0.3) is 0 Å². The molecule has 8 heteroatoms. The third-order valence-corrected chi connectivity index (χ3v) is 8.29. The van der Waals surface area contributed by atoms with Gasteiger partial charge in [0.2, 0.25) is 0 Å². The number of esters is 1. The molecule has 2 heterocycles. The first kappa shape index (κ1) is 26.0. The van der Waals surface area contributed by atoms with Crippen molar-refractivity contribution in [2.75, 3.05) is 45.3 Å². The summed E-state index contributed by atoms with van der Waals surface area (Å²) in [5, 5.41) is 0. The molecule has 0 amide bonds. The Morgan fingerprint density at radius 3 is 2.53 bits per heavy atom. The second kappa shape index (κ2) is 11.8. The Hall–Kier alpha value is -3.10. The molecule has 1 aliphatic heterocycles. The van der Waals surface area contributed by atoms with Crippen LogP contribution in [0.2, 0.25) is 0 Å². The summed E-state index contributed by atoms with van der Waals surface area (Å²) in [6, 6.07) is 13.8. The molecule has 1 fully saturated rings. The van der Waals surface area contributed by atoms with Crippen LogP contribution in [0.1, 0.15) is 36.2 Å². The molecule has 0 spiro atoms. The number of likely N-dealkylation sites (N-methyl/N-ethyl adjacent to an activating group) is 1. The third-order valence-electron chi connectivity index (χ3n) is 6.88. The molecule has 4 rings (SSSR count). The van der Waals surface area contributed by atoms with E-state index in [0.29, 0.717) is 22.9 Å². The van der Waals surface area contributed by atoms with E-state index in [9.17, 15) is 9.00 Å². The Balaban J connectivity index is 1.65. The van der Waals surface area contributed by atoms with E-state index >= 15 is 0 Å². The highest BCUT2D eigenvalue weighted by Gasteiger charge is 2.32. The van der Waals surface area contributed by atoms with Crippen molar-refractivity contribution in [3.8, 4) is 16.9 Å². The molecule has 0 saturated carbocycles. The van der Waals surface area contributed by atoms with E-state index in [4.69, 9.17) is 13.9 Å². The van der Waals surface area contributed by atoms with Crippen LogP contribution in [0.25, 0.3) is 11.1 Å². The number of nitrogens with zero attached hydrogens (tertiary/aromatic N) is 2. The van der Waals surface area contributed by atoms with Crippen LogP contribution in [-0.4, -0.2) is 61.5 Å². The number of hydrogen-bond donors (Lipinski definition) is 0. The standard InChI is InChI=1S/C28H34N2O5S/c1-5-29(6-2)17-22-13-15-30(22)24-9-7-8-10-25(24)36(32)19-21-11-12-23(20-14-16-35-18-20)27(33-3)26(21)28(31)34-4/h7-12,14,16,18,22H,5-6,13,15,17,19H2,1-4H3. The minimum Gasteiger partial charge on any atom is -0.495 e. The maximum absolute atomic E-state index is 13.8. The van der Waals surface area contributed by atoms with E-state index < -0.39 is 16.8 Å². The van der Waals surface area contributed by atoms with Gasteiger partial charge in [0.1, 0.15) is 11.3 Å². The van der Waals surface area contributed by atoms with E-state index in [1.165, 1.54) is 14.2 Å². The molecular weight excluding hydrogens is 476 g/mol. The first-order valence-corrected chi connectivity index (χ1v) is 13.6. The Bertz CT molecular complexity index is 1210. The van der Waals surface area contributed by atoms with Crippen molar-refractivity contribution in [3.63, 3.8) is 0 Å². The van der Waals surface area contributed by atoms with E-state index in [1.54, 1.807) is 18.6 Å². The molecule has 7 nitrogen and oxygen atoms in total. The van der Waals surface area contributed by atoms with Gasteiger partial charge in [0.05, 0.1) is 53.9 Å². The normalized spacial score (nSPS) is 16.0. The number of para-hydroxylation sites is 1. The number of benzene rings is 2. The Kier molecular flexibility index (Phi) is 8.48. The first-order valence-electron chi connectivity index (χ1n) is 12.3. The number of furan rings is 1. The third kappa shape index (κ3) is 5.20. The van der Waals surface area contributed by atoms with Gasteiger partial charge in [-0.2, -0.15) is 0 Å². The van der Waals surface area contributed by atoms with Crippen LogP contribution in [0.3, 0.4) is 0 Å². The van der Waals surface area contributed by atoms with Gasteiger partial charge in [-0.3, -0.25) is 4.21 Å². The maximum atomic E-state index is 13.8. The monoisotopic (exact) mass is 510 g/mol. The molecule has 0 N–H and O–H groups in total. The van der Waals surface area contributed by atoms with Crippen molar-refractivity contribution in [3.05, 3.63) is 66.1 Å². The number of anilines is 1. The van der Waals surface area contributed by atoms with E-state index in [0.717, 1.165) is 48.7 Å². The molecule has 1 saturated heterocycles. The van der Waals surface area contributed by atoms with Crippen LogP contribution in [0.5, 0.6) is 5.75 Å². The van der Waals surface area contributed by atoms with Crippen molar-refractivity contribution in [2.24, 2.45) is 0 Å². The Morgan fingerprint density at radius 2 is 1.92 bits per heavy atom. The van der Waals surface area contributed by atoms with Crippen molar-refractivity contribution in [1.82, 2.24) is 4.90 Å². The average molecular weight is 511 g/mol. The van der Waals surface area contributed by atoms with Crippen molar-refractivity contribution in [1.29, 1.82) is 0 Å². The summed E-state index contributed by atoms with van der Waals surface area (Å²) >= 11 is 0. The summed E-state index contributed by atoms with van der Waals surface area (Å²) in [6.07, 6.45) is 4.28. The predicted molar refractivity (Wildman–Crippen MR) is 142 cm³/mol. The number of carbonyl (C=O) groups excluding carboxylic acids is 1. The minimum absolute atomic E-state index is 0.165. The average Bonchev–Trinajstić information content (AvgIpc) is 3.43. The highest BCUT2D eigenvalue weighted by molar-refractivity contribution is 7.84. The summed E-state index contributed by atoms with van der Waals surface area (Å²) in [7, 11) is 1.47. The molecule has 2 unspecified atom stereocenters. The second-order valence-corrected chi connectivity index (χ2v) is 10.2. The number of rotatable bonds is 11. The smallest absolute Gasteiger partial charge is 0.341 e. The molecule has 1 aliphatic rings. The predicted octanol–water partition coefficient (Wildman–Crippen LogP) is 4.97. The number of carbonyl (C=O) groups is 1. The lowest BCUT2D eigenvalue weighted by Crippen LogP contribution is -2.54. The number of ether oxygens (including phenoxy) is 2. The largest absolute Gasteiger partial charge is 0.495 e. The van der Waals surface area contributed by atoms with Gasteiger partial charge in [-0.25, -0.2) is 4.79 Å². The molecule has 0 bridgehead atoms. The molecule has 3 aromatic rings. The van der Waals surface area contributed by atoms with Gasteiger partial charge < -0.3 is 23.7 Å². The highest BCUT2D eigenvalue weighted by Crippen LogP contribution is 2.38. The zero-order valence-corrected chi connectivity index (χ0v) is 22.2. The molecule has 0 radical (unpaired) electrons. The lowest BCUT2D eigenvalue weighted by Gasteiger charge is -2.45. The van der Waals surface area contributed by atoms with E-state index in [1.807, 2.05) is 36.4 Å². The SMILES string of the molecule is CCN(CC)CC1CCN1c1ccccc1S(=O)Cc1ccc(-c2ccoc2)c(OC)c1C(=O)OC. The molecular formula is C28H34N2O5S. The molecule has 0 aliphatic carbocycles. The van der Waals surface area contributed by atoms with Crippen LogP contribution >= 0.6 is 0 Å². The van der Waals surface area contributed by atoms with E-state index in [-0.39, 0.29) is 11.3 Å². The molecule has 36 heavy (non-hydrogen) atoms. The lowest BCUT2D eigenvalue weighted by molar-refractivity contribution is 0.0596. The van der Waals surface area contributed by atoms with Crippen LogP contribution in [0.15, 0.2) is 64.3 Å². The highest BCUT2D eigenvalue weighted by atomic mass is 32.2. The maximum Gasteiger partial charge on any atom is 0.341 e. The fourth-order valence-electron chi connectivity index (χ4n) is 4.76. The number of methoxy groups -OCH3 is 2. The Labute approximate surface area is 215 Å². The second-order valence-electron chi connectivity index (χ2n) is 8.76. The number of hydrogen-bond acceptors (Lipinski definition) is 7. The van der Waals surface area contributed by atoms with Gasteiger partial charge >= 0.3 is 5.97 Å². The van der Waals surface area contributed by atoms with Crippen molar-refractivity contribution in [2.45, 2.75) is 37.0 Å². The summed E-state index contributed by atoms with van der Waals surface area (Å²) in [4.78, 5) is 18.4.